The van der Waals surface area contributed by atoms with Crippen LogP contribution in [-0.2, 0) is 0 Å². The predicted octanol–water partition coefficient (Wildman–Crippen LogP) is -0.0651. The van der Waals surface area contributed by atoms with Crippen molar-refractivity contribution in [2.24, 2.45) is 0 Å². The summed E-state index contributed by atoms with van der Waals surface area (Å²) in [5.41, 5.74) is 0. The summed E-state index contributed by atoms with van der Waals surface area (Å²) in [6, 6.07) is 0. The fourth-order valence-electron chi connectivity index (χ4n) is 0.925. The van der Waals surface area contributed by atoms with Gasteiger partial charge in [-0.25, -0.2) is 0 Å². The third-order valence-corrected chi connectivity index (χ3v) is 1.97. The van der Waals surface area contributed by atoms with E-state index in [0.29, 0.717) is 0 Å². The van der Waals surface area contributed by atoms with Crippen LogP contribution in [0.2, 0.25) is 5.28 Å². The molecule has 2 nitrogen and oxygen atoms in total. The van der Waals surface area contributed by atoms with Gasteiger partial charge in [-0.2, -0.15) is 0 Å². The Kier molecular flexibility index (Phi) is 57.6. The standard InChI is InChI=1S/C8H17.2C2H6O.Al.ClH/c1-3-5-7-8-6-4-2;2*1-2-3;;/h1,3-8H2,2H3;2*3H,2H2,1H3;;1H/q;;;+2;/p-1. The van der Waals surface area contributed by atoms with E-state index in [1.165, 1.54) is 43.8 Å². The smallest absolute Gasteiger partial charge is 0.0402 e. The van der Waals surface area contributed by atoms with Crippen LogP contribution in [0.4, 0.5) is 0 Å². The van der Waals surface area contributed by atoms with Gasteiger partial charge in [0.25, 0.3) is 0 Å². The van der Waals surface area contributed by atoms with Crippen LogP contribution in [0.5, 0.6) is 0 Å². The van der Waals surface area contributed by atoms with Crippen molar-refractivity contribution < 1.29 is 22.6 Å². The van der Waals surface area contributed by atoms with Gasteiger partial charge in [0.05, 0.1) is 0 Å². The Morgan fingerprint density at radius 3 is 1.38 bits per heavy atom. The number of hydrogen-bond donors (Lipinski definition) is 2. The van der Waals surface area contributed by atoms with Gasteiger partial charge in [-0.15, -0.1) is 0 Å². The van der Waals surface area contributed by atoms with E-state index in [1.807, 2.05) is 0 Å². The van der Waals surface area contributed by atoms with E-state index in [4.69, 9.17) is 10.2 Å². The zero-order valence-corrected chi connectivity index (χ0v) is 13.1. The van der Waals surface area contributed by atoms with Crippen LogP contribution in [-0.4, -0.2) is 39.7 Å². The van der Waals surface area contributed by atoms with Crippen LogP contribution < -0.4 is 12.4 Å². The van der Waals surface area contributed by atoms with Crippen molar-refractivity contribution in [2.75, 3.05) is 13.2 Å². The molecule has 0 atom stereocenters. The van der Waals surface area contributed by atoms with Crippen LogP contribution in [0.3, 0.4) is 0 Å². The molecule has 98 valence electrons. The van der Waals surface area contributed by atoms with E-state index < -0.39 is 0 Å². The minimum Gasteiger partial charge on any atom is -1.00 e. The van der Waals surface area contributed by atoms with Gasteiger partial charge in [0.15, 0.2) is 0 Å². The minimum atomic E-state index is 0. The Bertz CT molecular complexity index is 68.0. The van der Waals surface area contributed by atoms with Crippen LogP contribution >= 0.6 is 0 Å². The Balaban J connectivity index is -0.0000000870. The molecule has 0 saturated carbocycles. The zero-order valence-electron chi connectivity index (χ0n) is 11.2. The molecule has 4 heteroatoms. The Morgan fingerprint density at radius 2 is 1.06 bits per heavy atom. The summed E-state index contributed by atoms with van der Waals surface area (Å²) in [6.07, 6.45) is 8.51. The number of aliphatic hydroxyl groups is 2. The quantitative estimate of drug-likeness (QED) is 0.523. The molecule has 0 aromatic carbocycles. The molecule has 0 saturated heterocycles. The van der Waals surface area contributed by atoms with Crippen molar-refractivity contribution in [1.82, 2.24) is 0 Å². The largest absolute Gasteiger partial charge is 1.00 e. The zero-order chi connectivity index (χ0) is 12.4. The van der Waals surface area contributed by atoms with Gasteiger partial charge >= 0.3 is 67.0 Å². The van der Waals surface area contributed by atoms with Gasteiger partial charge < -0.3 is 22.6 Å². The van der Waals surface area contributed by atoms with Crippen molar-refractivity contribution >= 4 is 16.3 Å². The molecule has 0 spiro atoms. The second kappa shape index (κ2) is 36.0. The SMILES string of the molecule is CCCCCCC[CH2][Al+2].CCO.CCO.[Cl-]. The molecule has 0 fully saturated rings. The van der Waals surface area contributed by atoms with Gasteiger partial charge in [0.2, 0.25) is 0 Å². The van der Waals surface area contributed by atoms with Crippen LogP contribution in [0.25, 0.3) is 0 Å². The first kappa shape index (κ1) is 25.6. The van der Waals surface area contributed by atoms with E-state index in [0.717, 1.165) is 0 Å². The third kappa shape index (κ3) is 61.2. The monoisotopic (exact) mass is 267 g/mol. The normalized spacial score (nSPS) is 7.94. The van der Waals surface area contributed by atoms with E-state index in [-0.39, 0.29) is 25.6 Å². The molecule has 0 aromatic heterocycles. The third-order valence-electron chi connectivity index (χ3n) is 1.56. The summed E-state index contributed by atoms with van der Waals surface area (Å²) in [6.45, 7) is 6.12. The molecule has 0 rings (SSSR count). The van der Waals surface area contributed by atoms with Gasteiger partial charge in [0.1, 0.15) is 0 Å². The van der Waals surface area contributed by atoms with Crippen molar-refractivity contribution in [3.63, 3.8) is 0 Å². The Morgan fingerprint density at radius 1 is 0.750 bits per heavy atom. The first-order chi connectivity index (χ1) is 7.24. The molecule has 0 radical (unpaired) electrons. The molecule has 0 bridgehead atoms. The van der Waals surface area contributed by atoms with Crippen molar-refractivity contribution in [3.05, 3.63) is 0 Å². The van der Waals surface area contributed by atoms with E-state index in [1.54, 1.807) is 13.8 Å². The maximum atomic E-state index is 7.57. The minimum absolute atomic E-state index is 0. The maximum Gasteiger partial charge on any atom is 0.0402 e. The van der Waals surface area contributed by atoms with Gasteiger partial charge in [0, 0.05) is 13.2 Å². The molecule has 0 aliphatic heterocycles. The fraction of sp³-hybridized carbons (Fsp3) is 1.00. The first-order valence-corrected chi connectivity index (χ1v) is 6.98. The summed E-state index contributed by atoms with van der Waals surface area (Å²) >= 11 is 2.78. The molecular formula is C12H29AlClO2+. The van der Waals surface area contributed by atoms with Gasteiger partial charge in [-0.05, 0) is 13.8 Å². The molecule has 2 N–H and O–H groups in total. The molecule has 0 amide bonds. The molecule has 0 unspecified atom stereocenters. The molecule has 16 heavy (non-hydrogen) atoms. The molecule has 0 heterocycles. The second-order valence-corrected chi connectivity index (χ2v) is 3.77. The fourth-order valence-corrected chi connectivity index (χ4v) is 1.21. The van der Waals surface area contributed by atoms with Crippen LogP contribution in [0.15, 0.2) is 0 Å². The molecular weight excluding hydrogens is 239 g/mol. The number of hydrogen-bond acceptors (Lipinski definition) is 2. The molecule has 0 aromatic rings. The summed E-state index contributed by atoms with van der Waals surface area (Å²) in [7, 11) is 0. The number of aliphatic hydroxyl groups excluding tert-OH is 2. The predicted molar refractivity (Wildman–Crippen MR) is 69.5 cm³/mol. The van der Waals surface area contributed by atoms with Gasteiger partial charge in [-0.3, -0.25) is 0 Å². The average Bonchev–Trinajstić information content (AvgIpc) is 2.20. The van der Waals surface area contributed by atoms with E-state index in [9.17, 15) is 0 Å². The second-order valence-electron chi connectivity index (χ2n) is 3.19. The van der Waals surface area contributed by atoms with Crippen LogP contribution in [0, 0.1) is 0 Å². The summed E-state index contributed by atoms with van der Waals surface area (Å²) in [5.74, 6) is 0. The van der Waals surface area contributed by atoms with Crippen molar-refractivity contribution in [3.8, 4) is 0 Å². The van der Waals surface area contributed by atoms with Gasteiger partial charge in [-0.1, -0.05) is 0 Å². The summed E-state index contributed by atoms with van der Waals surface area (Å²) < 4.78 is 0. The van der Waals surface area contributed by atoms with E-state index >= 15 is 0 Å². The van der Waals surface area contributed by atoms with Crippen LogP contribution in [0.1, 0.15) is 59.3 Å². The molecule has 0 aliphatic carbocycles. The van der Waals surface area contributed by atoms with E-state index in [2.05, 4.69) is 23.2 Å². The first-order valence-electron chi connectivity index (χ1n) is 6.16. The maximum absolute atomic E-state index is 7.57. The summed E-state index contributed by atoms with van der Waals surface area (Å²) in [4.78, 5) is 0. The summed E-state index contributed by atoms with van der Waals surface area (Å²) in [5, 5.41) is 16.4. The number of rotatable bonds is 6. The van der Waals surface area contributed by atoms with Crippen molar-refractivity contribution in [1.29, 1.82) is 0 Å². The Labute approximate surface area is 117 Å². The average molecular weight is 268 g/mol. The Hall–Kier alpha value is 0.742. The topological polar surface area (TPSA) is 40.5 Å². The van der Waals surface area contributed by atoms with Crippen molar-refractivity contribution in [2.45, 2.75) is 64.6 Å². The number of halogens is 1. The number of unbranched alkanes of at least 4 members (excludes halogenated alkanes) is 5. The molecule has 0 aliphatic rings.